The van der Waals surface area contributed by atoms with E-state index in [-0.39, 0.29) is 18.5 Å². The molecule has 0 aromatic rings. The van der Waals surface area contributed by atoms with Crippen molar-refractivity contribution in [1.29, 1.82) is 0 Å². The molecular formula is C69H133NO10. The molecule has 0 radical (unpaired) electrons. The minimum atomic E-state index is -1.57. The van der Waals surface area contributed by atoms with Gasteiger partial charge < -0.3 is 45.1 Å². The zero-order valence-electron chi connectivity index (χ0n) is 52.6. The smallest absolute Gasteiger partial charge is 0.305 e. The number of unbranched alkanes of at least 4 members (excludes halogenated alkanes) is 48. The lowest BCUT2D eigenvalue weighted by molar-refractivity contribution is -0.302. The highest BCUT2D eigenvalue weighted by atomic mass is 16.7. The maximum atomic E-state index is 13.0. The number of hydrogen-bond donors (Lipinski definition) is 6. The molecule has 1 amide bonds. The Morgan fingerprint density at radius 3 is 1.16 bits per heavy atom. The Morgan fingerprint density at radius 1 is 0.450 bits per heavy atom. The van der Waals surface area contributed by atoms with E-state index in [1.807, 2.05) is 6.08 Å². The van der Waals surface area contributed by atoms with E-state index < -0.39 is 49.5 Å². The lowest BCUT2D eigenvalue weighted by Gasteiger charge is -2.40. The number of aliphatic hydroxyl groups is 5. The summed E-state index contributed by atoms with van der Waals surface area (Å²) in [6, 6.07) is -0.805. The Hall–Kier alpha value is -1.60. The first-order chi connectivity index (χ1) is 39.2. The molecule has 80 heavy (non-hydrogen) atoms. The number of carbonyl (C=O) groups is 2. The predicted octanol–water partition coefficient (Wildman–Crippen LogP) is 17.5. The summed E-state index contributed by atoms with van der Waals surface area (Å²) >= 11 is 0. The van der Waals surface area contributed by atoms with Crippen LogP contribution in [0.2, 0.25) is 0 Å². The molecule has 1 rings (SSSR count). The lowest BCUT2D eigenvalue weighted by Crippen LogP contribution is -2.60. The van der Waals surface area contributed by atoms with E-state index in [9.17, 15) is 35.1 Å². The van der Waals surface area contributed by atoms with Crippen LogP contribution in [0, 0.1) is 0 Å². The van der Waals surface area contributed by atoms with Gasteiger partial charge >= 0.3 is 5.97 Å². The van der Waals surface area contributed by atoms with Crippen LogP contribution in [-0.2, 0) is 23.8 Å². The zero-order valence-corrected chi connectivity index (χ0v) is 52.6. The average molecular weight is 1140 g/mol. The maximum absolute atomic E-state index is 13.0. The normalized spacial score (nSPS) is 18.3. The Balaban J connectivity index is 1.93. The van der Waals surface area contributed by atoms with E-state index in [1.54, 1.807) is 6.08 Å². The summed E-state index contributed by atoms with van der Waals surface area (Å²) in [5.41, 5.74) is 0. The number of allylic oxidation sites excluding steroid dienone is 1. The minimum absolute atomic E-state index is 0.0122. The van der Waals surface area contributed by atoms with Gasteiger partial charge in [-0.2, -0.15) is 0 Å². The van der Waals surface area contributed by atoms with Crippen molar-refractivity contribution in [2.24, 2.45) is 0 Å². The van der Waals surface area contributed by atoms with Crippen LogP contribution in [0.5, 0.6) is 0 Å². The molecule has 0 aromatic heterocycles. The van der Waals surface area contributed by atoms with Crippen molar-refractivity contribution >= 4 is 11.9 Å². The summed E-state index contributed by atoms with van der Waals surface area (Å²) in [4.78, 5) is 25.1. The SMILES string of the molecule is CCCCCCCCCCC/C=C/C(O)C(COC1OC(CO)C(O)C(O)C1O)NC(=O)CCCCCCCCCCCCCCCCCCCCCCCCCCCCCCCCOC(=O)CCCCCCCCCCCCC. The third kappa shape index (κ3) is 47.7. The van der Waals surface area contributed by atoms with Gasteiger partial charge in [0.2, 0.25) is 5.91 Å². The molecule has 1 heterocycles. The van der Waals surface area contributed by atoms with Crippen molar-refractivity contribution in [1.82, 2.24) is 5.32 Å². The molecule has 474 valence electrons. The van der Waals surface area contributed by atoms with Gasteiger partial charge in [0.15, 0.2) is 6.29 Å². The van der Waals surface area contributed by atoms with Crippen LogP contribution in [0.25, 0.3) is 0 Å². The van der Waals surface area contributed by atoms with Gasteiger partial charge in [0, 0.05) is 12.8 Å². The Labute approximate surface area is 493 Å². The molecule has 6 N–H and O–H groups in total. The fourth-order valence-electron chi connectivity index (χ4n) is 11.4. The van der Waals surface area contributed by atoms with Crippen LogP contribution in [0.1, 0.15) is 354 Å². The van der Waals surface area contributed by atoms with Crippen molar-refractivity contribution in [3.8, 4) is 0 Å². The summed E-state index contributed by atoms with van der Waals surface area (Å²) in [6.45, 7) is 4.37. The Morgan fingerprint density at radius 2 is 0.787 bits per heavy atom. The van der Waals surface area contributed by atoms with E-state index >= 15 is 0 Å². The van der Waals surface area contributed by atoms with Crippen LogP contribution >= 0.6 is 0 Å². The molecule has 0 bridgehead atoms. The van der Waals surface area contributed by atoms with Crippen LogP contribution in [0.3, 0.4) is 0 Å². The number of esters is 1. The summed E-state index contributed by atoms with van der Waals surface area (Å²) in [6.07, 6.45) is 62.1. The highest BCUT2D eigenvalue weighted by Gasteiger charge is 2.44. The molecule has 7 atom stereocenters. The highest BCUT2D eigenvalue weighted by Crippen LogP contribution is 2.23. The molecule has 0 saturated carbocycles. The van der Waals surface area contributed by atoms with Gasteiger partial charge in [0.05, 0.1) is 32.0 Å². The standard InChI is InChI=1S/C69H133NO10/c1-3-5-7-9-11-13-35-39-43-47-51-55-62(72)61(60-79-69-68(77)67(76)66(75)63(59-71)80-69)70-64(73)56-52-48-44-40-37-33-31-29-27-25-23-21-19-17-15-16-18-20-22-24-26-28-30-32-34-38-42-46-50-54-58-78-65(74)57-53-49-45-41-36-14-12-10-8-6-4-2/h51,55,61-63,66-69,71-72,75-77H,3-50,52-54,56-60H2,1-2H3,(H,70,73)/b55-51+. The molecule has 7 unspecified atom stereocenters. The van der Waals surface area contributed by atoms with Crippen LogP contribution < -0.4 is 5.32 Å². The largest absolute Gasteiger partial charge is 0.466 e. The maximum Gasteiger partial charge on any atom is 0.305 e. The Bertz CT molecular complexity index is 1330. The monoisotopic (exact) mass is 1140 g/mol. The second kappa shape index (κ2) is 59.1. The zero-order chi connectivity index (χ0) is 58.0. The molecule has 11 nitrogen and oxygen atoms in total. The number of aliphatic hydroxyl groups excluding tert-OH is 5. The van der Waals surface area contributed by atoms with Crippen molar-refractivity contribution in [3.63, 3.8) is 0 Å². The first kappa shape index (κ1) is 76.4. The summed E-state index contributed by atoms with van der Waals surface area (Å²) < 4.78 is 16.7. The molecule has 11 heteroatoms. The van der Waals surface area contributed by atoms with Crippen LogP contribution in [0.4, 0.5) is 0 Å². The summed E-state index contributed by atoms with van der Waals surface area (Å²) in [5, 5.41) is 54.4. The molecule has 0 aliphatic carbocycles. The number of rotatable bonds is 62. The van der Waals surface area contributed by atoms with E-state index in [2.05, 4.69) is 19.2 Å². The summed E-state index contributed by atoms with van der Waals surface area (Å²) in [7, 11) is 0. The molecule has 1 saturated heterocycles. The van der Waals surface area contributed by atoms with E-state index in [4.69, 9.17) is 14.2 Å². The second-order valence-electron chi connectivity index (χ2n) is 24.6. The van der Waals surface area contributed by atoms with Crippen molar-refractivity contribution in [2.75, 3.05) is 19.8 Å². The number of nitrogens with one attached hydrogen (secondary N) is 1. The van der Waals surface area contributed by atoms with E-state index in [1.165, 1.54) is 276 Å². The van der Waals surface area contributed by atoms with Gasteiger partial charge in [-0.15, -0.1) is 0 Å². The van der Waals surface area contributed by atoms with Crippen LogP contribution in [0.15, 0.2) is 12.2 Å². The highest BCUT2D eigenvalue weighted by molar-refractivity contribution is 5.76. The first-order valence-corrected chi connectivity index (χ1v) is 35.0. The van der Waals surface area contributed by atoms with Gasteiger partial charge in [-0.25, -0.2) is 0 Å². The number of amides is 1. The summed E-state index contributed by atoms with van der Waals surface area (Å²) in [5.74, 6) is -0.164. The first-order valence-electron chi connectivity index (χ1n) is 35.0. The molecular weight excluding hydrogens is 1000 g/mol. The molecule has 1 aliphatic rings. The van der Waals surface area contributed by atoms with Crippen molar-refractivity contribution in [2.45, 2.75) is 397 Å². The third-order valence-electron chi connectivity index (χ3n) is 16.9. The Kier molecular flexibility index (Phi) is 56.5. The number of ether oxygens (including phenoxy) is 3. The number of hydrogen-bond acceptors (Lipinski definition) is 10. The van der Waals surface area contributed by atoms with Crippen molar-refractivity contribution in [3.05, 3.63) is 12.2 Å². The lowest BCUT2D eigenvalue weighted by atomic mass is 9.99. The topological polar surface area (TPSA) is 175 Å². The van der Waals surface area contributed by atoms with Gasteiger partial charge in [-0.1, -0.05) is 321 Å². The fraction of sp³-hybridized carbons (Fsp3) is 0.942. The van der Waals surface area contributed by atoms with Gasteiger partial charge in [-0.05, 0) is 32.1 Å². The second-order valence-corrected chi connectivity index (χ2v) is 24.6. The third-order valence-corrected chi connectivity index (χ3v) is 16.9. The van der Waals surface area contributed by atoms with Gasteiger partial charge in [0.25, 0.3) is 0 Å². The molecule has 0 spiro atoms. The number of carbonyl (C=O) groups excluding carboxylic acids is 2. The molecule has 1 aliphatic heterocycles. The van der Waals surface area contributed by atoms with Crippen LogP contribution in [-0.4, -0.2) is 100 Å². The predicted molar refractivity (Wildman–Crippen MR) is 334 cm³/mol. The molecule has 1 fully saturated rings. The van der Waals surface area contributed by atoms with Crippen molar-refractivity contribution < 1.29 is 49.3 Å². The van der Waals surface area contributed by atoms with E-state index in [0.29, 0.717) is 19.4 Å². The average Bonchev–Trinajstić information content (AvgIpc) is 3.45. The quantitative estimate of drug-likeness (QED) is 0.0195. The van der Waals surface area contributed by atoms with Gasteiger partial charge in [-0.3, -0.25) is 9.59 Å². The molecule has 0 aromatic carbocycles. The van der Waals surface area contributed by atoms with Gasteiger partial charge in [0.1, 0.15) is 24.4 Å². The fourth-order valence-corrected chi connectivity index (χ4v) is 11.4. The van der Waals surface area contributed by atoms with E-state index in [0.717, 1.165) is 51.4 Å². The minimum Gasteiger partial charge on any atom is -0.466 e.